The molecule has 1 fully saturated rings. The summed E-state index contributed by atoms with van der Waals surface area (Å²) in [6.45, 7) is 0.761. The molecule has 1 aromatic carbocycles. The van der Waals surface area contributed by atoms with E-state index in [1.54, 1.807) is 4.90 Å². The van der Waals surface area contributed by atoms with Crippen molar-refractivity contribution in [1.82, 2.24) is 4.90 Å². The summed E-state index contributed by atoms with van der Waals surface area (Å²) in [5.74, 6) is 0. The molecule has 0 saturated carbocycles. The van der Waals surface area contributed by atoms with Crippen LogP contribution in [0.5, 0.6) is 0 Å². The Morgan fingerprint density at radius 1 is 1.22 bits per heavy atom. The van der Waals surface area contributed by atoms with E-state index in [1.165, 1.54) is 0 Å². The number of halogens is 1. The maximum Gasteiger partial charge on any atom is 0.410 e. The molecule has 0 spiro atoms. The topological polar surface area (TPSA) is 29.5 Å². The molecule has 0 unspecified atom stereocenters. The van der Waals surface area contributed by atoms with Crippen molar-refractivity contribution in [3.8, 4) is 0 Å². The van der Waals surface area contributed by atoms with Crippen molar-refractivity contribution in [2.24, 2.45) is 0 Å². The highest BCUT2D eigenvalue weighted by molar-refractivity contribution is 5.70. The lowest BCUT2D eigenvalue weighted by Crippen LogP contribution is -2.28. The summed E-state index contributed by atoms with van der Waals surface area (Å²) < 4.78 is 17.1. The Hall–Kier alpha value is -1.58. The van der Waals surface area contributed by atoms with Crippen LogP contribution in [-0.4, -0.2) is 30.8 Å². The van der Waals surface area contributed by atoms with Gasteiger partial charge in [0.25, 0.3) is 0 Å². The van der Waals surface area contributed by atoms with Crippen molar-refractivity contribution < 1.29 is 13.9 Å². The third-order valence-electron chi connectivity index (χ3n) is 3.19. The maximum atomic E-state index is 12.0. The minimum atomic E-state index is -0.285. The molecule has 0 aliphatic carbocycles. The lowest BCUT2D eigenvalue weighted by atomic mass is 10.1. The predicted molar refractivity (Wildman–Crippen MR) is 67.1 cm³/mol. The molecule has 1 aliphatic heterocycles. The molecule has 0 N–H and O–H groups in total. The number of carbonyl (C=O) groups excluding carboxylic acids is 1. The summed E-state index contributed by atoms with van der Waals surface area (Å²) in [6.07, 6.45) is 1.94. The minimum Gasteiger partial charge on any atom is -0.447 e. The van der Waals surface area contributed by atoms with Gasteiger partial charge in [-0.15, -0.1) is 0 Å². The molecule has 1 aliphatic rings. The van der Waals surface area contributed by atoms with Gasteiger partial charge in [0.05, 0.1) is 12.7 Å². The number of benzene rings is 1. The fraction of sp³-hybridized carbons (Fsp3) is 0.500. The van der Waals surface area contributed by atoms with Crippen molar-refractivity contribution in [2.45, 2.75) is 25.3 Å². The Balaban J connectivity index is 1.95. The monoisotopic (exact) mass is 251 g/mol. The first kappa shape index (κ1) is 12.9. The number of carbonyl (C=O) groups is 1. The van der Waals surface area contributed by atoms with Crippen LogP contribution in [0.2, 0.25) is 0 Å². The number of alkyl halides is 1. The zero-order valence-electron chi connectivity index (χ0n) is 10.3. The average molecular weight is 251 g/mol. The summed E-state index contributed by atoms with van der Waals surface area (Å²) in [7, 11) is 0. The molecule has 4 heteroatoms. The van der Waals surface area contributed by atoms with E-state index < -0.39 is 0 Å². The Morgan fingerprint density at radius 2 is 2.00 bits per heavy atom. The minimum absolute atomic E-state index is 0.00377. The third-order valence-corrected chi connectivity index (χ3v) is 3.19. The molecule has 1 aromatic rings. The number of rotatable bonds is 6. The molecular formula is C14H18FNO2. The van der Waals surface area contributed by atoms with E-state index in [-0.39, 0.29) is 18.8 Å². The SMILES string of the molecule is O=C1OC[C@H](c2ccccc2)N1CCCCCF. The van der Waals surface area contributed by atoms with Crippen LogP contribution in [-0.2, 0) is 4.74 Å². The Kier molecular flexibility index (Phi) is 4.56. The van der Waals surface area contributed by atoms with Crippen LogP contribution in [0.3, 0.4) is 0 Å². The second kappa shape index (κ2) is 6.38. The van der Waals surface area contributed by atoms with Gasteiger partial charge in [-0.2, -0.15) is 0 Å². The number of cyclic esters (lactones) is 1. The maximum absolute atomic E-state index is 12.0. The van der Waals surface area contributed by atoms with Crippen molar-refractivity contribution in [2.75, 3.05) is 19.8 Å². The van der Waals surface area contributed by atoms with Crippen LogP contribution in [0.1, 0.15) is 30.9 Å². The van der Waals surface area contributed by atoms with E-state index in [0.29, 0.717) is 19.6 Å². The van der Waals surface area contributed by atoms with E-state index >= 15 is 0 Å². The zero-order valence-corrected chi connectivity index (χ0v) is 10.3. The number of unbranched alkanes of at least 4 members (excludes halogenated alkanes) is 2. The van der Waals surface area contributed by atoms with Gasteiger partial charge >= 0.3 is 6.09 Å². The molecule has 1 amide bonds. The normalized spacial score (nSPS) is 19.1. The molecule has 0 aromatic heterocycles. The first-order valence-corrected chi connectivity index (χ1v) is 6.37. The van der Waals surface area contributed by atoms with E-state index in [2.05, 4.69) is 0 Å². The summed E-state index contributed by atoms with van der Waals surface area (Å²) in [6, 6.07) is 9.87. The van der Waals surface area contributed by atoms with Crippen molar-refractivity contribution >= 4 is 6.09 Å². The van der Waals surface area contributed by atoms with Crippen LogP contribution in [0.25, 0.3) is 0 Å². The second-order valence-electron chi connectivity index (χ2n) is 4.45. The number of hydrogen-bond acceptors (Lipinski definition) is 2. The molecular weight excluding hydrogens is 233 g/mol. The quantitative estimate of drug-likeness (QED) is 0.726. The lowest BCUT2D eigenvalue weighted by molar-refractivity contribution is 0.157. The summed E-state index contributed by atoms with van der Waals surface area (Å²) in [5, 5.41) is 0. The third kappa shape index (κ3) is 3.00. The molecule has 3 nitrogen and oxygen atoms in total. The highest BCUT2D eigenvalue weighted by Gasteiger charge is 2.33. The average Bonchev–Trinajstić information content (AvgIpc) is 2.77. The van der Waals surface area contributed by atoms with Gasteiger partial charge in [-0.1, -0.05) is 30.3 Å². The van der Waals surface area contributed by atoms with E-state index in [1.807, 2.05) is 30.3 Å². The number of nitrogens with zero attached hydrogens (tertiary/aromatic N) is 1. The van der Waals surface area contributed by atoms with E-state index in [4.69, 9.17) is 4.74 Å². The van der Waals surface area contributed by atoms with Gasteiger partial charge in [-0.25, -0.2) is 4.79 Å². The predicted octanol–water partition coefficient (Wildman–Crippen LogP) is 3.32. The number of hydrogen-bond donors (Lipinski definition) is 0. The van der Waals surface area contributed by atoms with Crippen LogP contribution in [0, 0.1) is 0 Å². The fourth-order valence-electron chi connectivity index (χ4n) is 2.20. The second-order valence-corrected chi connectivity index (χ2v) is 4.45. The number of amides is 1. The van der Waals surface area contributed by atoms with Gasteiger partial charge < -0.3 is 4.74 Å². The molecule has 1 heterocycles. The smallest absolute Gasteiger partial charge is 0.410 e. The first-order valence-electron chi connectivity index (χ1n) is 6.37. The fourth-order valence-corrected chi connectivity index (χ4v) is 2.20. The van der Waals surface area contributed by atoms with Gasteiger partial charge in [-0.05, 0) is 24.8 Å². The van der Waals surface area contributed by atoms with Crippen LogP contribution in [0.15, 0.2) is 30.3 Å². The number of ether oxygens (including phenoxy) is 1. The summed E-state index contributed by atoms with van der Waals surface area (Å²) >= 11 is 0. The molecule has 98 valence electrons. The van der Waals surface area contributed by atoms with E-state index in [9.17, 15) is 9.18 Å². The van der Waals surface area contributed by atoms with Crippen LogP contribution < -0.4 is 0 Å². The van der Waals surface area contributed by atoms with Crippen molar-refractivity contribution in [1.29, 1.82) is 0 Å². The molecule has 0 bridgehead atoms. The Labute approximate surface area is 107 Å². The van der Waals surface area contributed by atoms with Gasteiger partial charge in [0.1, 0.15) is 6.61 Å². The highest BCUT2D eigenvalue weighted by Crippen LogP contribution is 2.27. The highest BCUT2D eigenvalue weighted by atomic mass is 19.1. The van der Waals surface area contributed by atoms with Crippen LogP contribution >= 0.6 is 0 Å². The molecule has 1 saturated heterocycles. The summed E-state index contributed by atoms with van der Waals surface area (Å²) in [4.78, 5) is 13.4. The van der Waals surface area contributed by atoms with Gasteiger partial charge in [0.15, 0.2) is 0 Å². The van der Waals surface area contributed by atoms with Crippen LogP contribution in [0.4, 0.5) is 9.18 Å². The molecule has 2 rings (SSSR count). The first-order chi connectivity index (χ1) is 8.83. The largest absolute Gasteiger partial charge is 0.447 e. The molecule has 1 atom stereocenters. The van der Waals surface area contributed by atoms with Gasteiger partial charge in [0, 0.05) is 6.54 Å². The van der Waals surface area contributed by atoms with Gasteiger partial charge in [-0.3, -0.25) is 9.29 Å². The molecule has 0 radical (unpaired) electrons. The standard InChI is InChI=1S/C14H18FNO2/c15-9-5-2-6-10-16-13(11-18-14(16)17)12-7-3-1-4-8-12/h1,3-4,7-8,13H,2,5-6,9-11H2/t13-/m1/s1. The van der Waals surface area contributed by atoms with Crippen molar-refractivity contribution in [3.05, 3.63) is 35.9 Å². The zero-order chi connectivity index (χ0) is 12.8. The molecule has 18 heavy (non-hydrogen) atoms. The van der Waals surface area contributed by atoms with Crippen molar-refractivity contribution in [3.63, 3.8) is 0 Å². The van der Waals surface area contributed by atoms with Gasteiger partial charge in [0.2, 0.25) is 0 Å². The summed E-state index contributed by atoms with van der Waals surface area (Å²) in [5.41, 5.74) is 1.09. The Morgan fingerprint density at radius 3 is 2.72 bits per heavy atom. The lowest BCUT2D eigenvalue weighted by Gasteiger charge is -2.21. The van der Waals surface area contributed by atoms with E-state index in [0.717, 1.165) is 18.4 Å². The Bertz CT molecular complexity index is 383.